The van der Waals surface area contributed by atoms with Crippen LogP contribution in [0.4, 0.5) is 0 Å². The lowest BCUT2D eigenvalue weighted by atomic mass is 10.4. The lowest BCUT2D eigenvalue weighted by molar-refractivity contribution is 0.0995. The topological polar surface area (TPSA) is 24.5 Å². The summed E-state index contributed by atoms with van der Waals surface area (Å²) in [5, 5.41) is 3.34. The Balaban J connectivity index is 1.59. The average molecular weight is 268 g/mol. The van der Waals surface area contributed by atoms with Crippen molar-refractivity contribution in [1.82, 2.24) is 10.2 Å². The average Bonchev–Trinajstić information content (AvgIpc) is 3.13. The summed E-state index contributed by atoms with van der Waals surface area (Å²) in [5.41, 5.74) is 0. The molecule has 1 fully saturated rings. The molecule has 0 atom stereocenters. The molecule has 0 bridgehead atoms. The Hall–Kier alpha value is -0.420. The summed E-state index contributed by atoms with van der Waals surface area (Å²) >= 11 is 1.85. The molecule has 1 saturated carbocycles. The van der Waals surface area contributed by atoms with Gasteiger partial charge in [-0.1, -0.05) is 6.92 Å². The van der Waals surface area contributed by atoms with E-state index in [-0.39, 0.29) is 0 Å². The molecule has 1 aromatic heterocycles. The Bertz CT molecular complexity index is 349. The minimum atomic E-state index is 0.759. The van der Waals surface area contributed by atoms with Crippen molar-refractivity contribution in [1.29, 1.82) is 0 Å². The molecule has 0 aliphatic heterocycles. The van der Waals surface area contributed by atoms with Crippen molar-refractivity contribution in [2.24, 2.45) is 0 Å². The first-order valence-corrected chi connectivity index (χ1v) is 7.67. The van der Waals surface area contributed by atoms with Gasteiger partial charge >= 0.3 is 0 Å². The predicted molar refractivity (Wildman–Crippen MR) is 77.0 cm³/mol. The number of rotatable bonds is 9. The van der Waals surface area contributed by atoms with Gasteiger partial charge in [-0.05, 0) is 38.6 Å². The molecule has 2 rings (SSSR count). The van der Waals surface area contributed by atoms with Crippen LogP contribution in [0.15, 0.2) is 12.1 Å². The third-order valence-corrected chi connectivity index (χ3v) is 4.33. The normalized spacial score (nSPS) is 15.5. The Labute approximate surface area is 114 Å². The second kappa shape index (κ2) is 7.24. The van der Waals surface area contributed by atoms with Crippen LogP contribution in [0.3, 0.4) is 0 Å². The SMILES string of the molecule is CCNCc1ccc(COCCN(C)C2CC2)s1. The van der Waals surface area contributed by atoms with Crippen molar-refractivity contribution in [3.05, 3.63) is 21.9 Å². The summed E-state index contributed by atoms with van der Waals surface area (Å²) in [7, 11) is 2.20. The van der Waals surface area contributed by atoms with Gasteiger partial charge in [0.05, 0.1) is 13.2 Å². The summed E-state index contributed by atoms with van der Waals surface area (Å²) in [6.07, 6.45) is 2.74. The fraction of sp³-hybridized carbons (Fsp3) is 0.714. The highest BCUT2D eigenvalue weighted by Gasteiger charge is 2.25. The smallest absolute Gasteiger partial charge is 0.0810 e. The third kappa shape index (κ3) is 4.69. The molecule has 0 amide bonds. The van der Waals surface area contributed by atoms with Crippen molar-refractivity contribution in [3.63, 3.8) is 0 Å². The van der Waals surface area contributed by atoms with Crippen LogP contribution >= 0.6 is 11.3 Å². The van der Waals surface area contributed by atoms with Crippen LogP contribution in [-0.2, 0) is 17.9 Å². The summed E-state index contributed by atoms with van der Waals surface area (Å²) in [5.74, 6) is 0. The summed E-state index contributed by atoms with van der Waals surface area (Å²) in [4.78, 5) is 5.13. The van der Waals surface area contributed by atoms with Crippen LogP contribution in [0.1, 0.15) is 29.5 Å². The fourth-order valence-corrected chi connectivity index (χ4v) is 2.85. The first-order chi connectivity index (χ1) is 8.79. The molecule has 0 aromatic carbocycles. The van der Waals surface area contributed by atoms with Crippen molar-refractivity contribution in [3.8, 4) is 0 Å². The minimum Gasteiger partial charge on any atom is -0.375 e. The molecular formula is C14H24N2OS. The number of thiophene rings is 1. The number of hydrogen-bond donors (Lipinski definition) is 1. The van der Waals surface area contributed by atoms with E-state index in [1.165, 1.54) is 22.6 Å². The highest BCUT2D eigenvalue weighted by Crippen LogP contribution is 2.24. The van der Waals surface area contributed by atoms with Gasteiger partial charge in [0, 0.05) is 28.9 Å². The van der Waals surface area contributed by atoms with Crippen LogP contribution in [0.25, 0.3) is 0 Å². The fourth-order valence-electron chi connectivity index (χ4n) is 1.92. The van der Waals surface area contributed by atoms with E-state index in [0.717, 1.165) is 38.9 Å². The van der Waals surface area contributed by atoms with Gasteiger partial charge in [0.2, 0.25) is 0 Å². The van der Waals surface area contributed by atoms with Gasteiger partial charge in [0.25, 0.3) is 0 Å². The van der Waals surface area contributed by atoms with E-state index >= 15 is 0 Å². The molecule has 18 heavy (non-hydrogen) atoms. The molecule has 0 unspecified atom stereocenters. The Morgan fingerprint density at radius 2 is 2.17 bits per heavy atom. The van der Waals surface area contributed by atoms with Gasteiger partial charge in [-0.25, -0.2) is 0 Å². The van der Waals surface area contributed by atoms with E-state index in [4.69, 9.17) is 4.74 Å². The molecular weight excluding hydrogens is 244 g/mol. The Kier molecular flexibility index (Phi) is 5.63. The maximum Gasteiger partial charge on any atom is 0.0810 e. The second-order valence-corrected chi connectivity index (χ2v) is 6.17. The number of hydrogen-bond acceptors (Lipinski definition) is 4. The van der Waals surface area contributed by atoms with Gasteiger partial charge in [-0.2, -0.15) is 0 Å². The summed E-state index contributed by atoms with van der Waals surface area (Å²) < 4.78 is 5.73. The lowest BCUT2D eigenvalue weighted by Gasteiger charge is -2.14. The first kappa shape index (κ1) is 14.0. The molecule has 1 aliphatic carbocycles. The maximum atomic E-state index is 5.73. The summed E-state index contributed by atoms with van der Waals surface area (Å²) in [6.45, 7) is 6.79. The maximum absolute atomic E-state index is 5.73. The lowest BCUT2D eigenvalue weighted by Crippen LogP contribution is -2.25. The first-order valence-electron chi connectivity index (χ1n) is 6.86. The third-order valence-electron chi connectivity index (χ3n) is 3.27. The van der Waals surface area contributed by atoms with E-state index in [2.05, 4.69) is 36.3 Å². The standard InChI is InChI=1S/C14H24N2OS/c1-3-15-10-13-6-7-14(18-13)11-17-9-8-16(2)12-4-5-12/h6-7,12,15H,3-5,8-11H2,1-2H3. The Morgan fingerprint density at radius 1 is 1.39 bits per heavy atom. The molecule has 4 heteroatoms. The molecule has 1 heterocycles. The number of ether oxygens (including phenoxy) is 1. The van der Waals surface area contributed by atoms with Crippen LogP contribution in [0, 0.1) is 0 Å². The molecule has 0 saturated heterocycles. The van der Waals surface area contributed by atoms with Gasteiger partial charge < -0.3 is 15.0 Å². The number of nitrogens with one attached hydrogen (secondary N) is 1. The number of likely N-dealkylation sites (N-methyl/N-ethyl adjacent to an activating group) is 1. The zero-order valence-electron chi connectivity index (χ0n) is 11.4. The van der Waals surface area contributed by atoms with Crippen molar-refractivity contribution < 1.29 is 4.74 Å². The quantitative estimate of drug-likeness (QED) is 0.696. The molecule has 1 N–H and O–H groups in total. The van der Waals surface area contributed by atoms with E-state index in [9.17, 15) is 0 Å². The van der Waals surface area contributed by atoms with E-state index in [0.29, 0.717) is 0 Å². The van der Waals surface area contributed by atoms with Crippen LogP contribution in [0.2, 0.25) is 0 Å². The largest absolute Gasteiger partial charge is 0.375 e. The van der Waals surface area contributed by atoms with Crippen molar-refractivity contribution in [2.45, 2.75) is 39.0 Å². The van der Waals surface area contributed by atoms with Gasteiger partial charge in [-0.15, -0.1) is 11.3 Å². The van der Waals surface area contributed by atoms with E-state index in [1.54, 1.807) is 0 Å². The van der Waals surface area contributed by atoms with Crippen LogP contribution < -0.4 is 5.32 Å². The van der Waals surface area contributed by atoms with Crippen LogP contribution in [0.5, 0.6) is 0 Å². The summed E-state index contributed by atoms with van der Waals surface area (Å²) in [6, 6.07) is 5.21. The molecule has 102 valence electrons. The van der Waals surface area contributed by atoms with Crippen LogP contribution in [-0.4, -0.2) is 37.7 Å². The highest BCUT2D eigenvalue weighted by molar-refractivity contribution is 7.11. The van der Waals surface area contributed by atoms with E-state index < -0.39 is 0 Å². The molecule has 0 radical (unpaired) electrons. The highest BCUT2D eigenvalue weighted by atomic mass is 32.1. The van der Waals surface area contributed by atoms with E-state index in [1.807, 2.05) is 11.3 Å². The van der Waals surface area contributed by atoms with Gasteiger partial charge in [0.1, 0.15) is 0 Å². The molecule has 3 nitrogen and oxygen atoms in total. The zero-order chi connectivity index (χ0) is 12.8. The second-order valence-electron chi connectivity index (χ2n) is 4.91. The Morgan fingerprint density at radius 3 is 2.89 bits per heavy atom. The monoisotopic (exact) mass is 268 g/mol. The zero-order valence-corrected chi connectivity index (χ0v) is 12.3. The predicted octanol–water partition coefficient (Wildman–Crippen LogP) is 2.47. The molecule has 0 spiro atoms. The van der Waals surface area contributed by atoms with Gasteiger partial charge in [-0.3, -0.25) is 0 Å². The number of nitrogens with zero attached hydrogens (tertiary/aromatic N) is 1. The molecule has 1 aromatic rings. The minimum absolute atomic E-state index is 0.759. The molecule has 1 aliphatic rings. The van der Waals surface area contributed by atoms with Crippen molar-refractivity contribution in [2.75, 3.05) is 26.7 Å². The van der Waals surface area contributed by atoms with Gasteiger partial charge in [0.15, 0.2) is 0 Å². The van der Waals surface area contributed by atoms with Crippen molar-refractivity contribution >= 4 is 11.3 Å².